The summed E-state index contributed by atoms with van der Waals surface area (Å²) in [6.45, 7) is 5.31. The fourth-order valence-electron chi connectivity index (χ4n) is 4.56. The summed E-state index contributed by atoms with van der Waals surface area (Å²) in [6, 6.07) is 34.4. The summed E-state index contributed by atoms with van der Waals surface area (Å²) in [5, 5.41) is 3.07. The maximum atomic E-state index is 12.7. The molecule has 0 spiro atoms. The molecule has 0 atom stereocenters. The Bertz CT molecular complexity index is 1440. The van der Waals surface area contributed by atoms with Crippen LogP contribution in [-0.4, -0.2) is 5.91 Å². The van der Waals surface area contributed by atoms with Crippen molar-refractivity contribution in [3.05, 3.63) is 161 Å². The second-order valence-electron chi connectivity index (χ2n) is 10.0. The van der Waals surface area contributed by atoms with Crippen molar-refractivity contribution in [3.8, 4) is 11.5 Å². The summed E-state index contributed by atoms with van der Waals surface area (Å²) in [7, 11) is 0. The number of amides is 1. The predicted octanol–water partition coefficient (Wildman–Crippen LogP) is 9.02. The van der Waals surface area contributed by atoms with Crippen LogP contribution >= 0.6 is 0 Å². The molecule has 1 aliphatic rings. The van der Waals surface area contributed by atoms with Crippen molar-refractivity contribution >= 4 is 11.5 Å². The van der Waals surface area contributed by atoms with Gasteiger partial charge in [0.2, 0.25) is 5.91 Å². The molecule has 4 heteroatoms. The van der Waals surface area contributed by atoms with Crippen LogP contribution in [0.25, 0.3) is 5.57 Å². The van der Waals surface area contributed by atoms with Gasteiger partial charge in [-0.1, -0.05) is 129 Å². The van der Waals surface area contributed by atoms with E-state index < -0.39 is 0 Å². The van der Waals surface area contributed by atoms with Crippen LogP contribution in [0.5, 0.6) is 11.5 Å². The Kier molecular flexibility index (Phi) is 12.4. The lowest BCUT2D eigenvalue weighted by molar-refractivity contribution is -0.121. The smallest absolute Gasteiger partial charge is 0.220 e. The molecular weight excluding hydrogens is 530 g/mol. The van der Waals surface area contributed by atoms with Crippen LogP contribution in [0.4, 0.5) is 0 Å². The number of aryl methyl sites for hydroxylation is 1. The minimum absolute atomic E-state index is 0.0102. The number of ether oxygens (including phenoxy) is 2. The zero-order chi connectivity index (χ0) is 30.1. The minimum Gasteiger partial charge on any atom is -0.489 e. The van der Waals surface area contributed by atoms with Gasteiger partial charge in [-0.05, 0) is 58.4 Å². The molecule has 4 nitrogen and oxygen atoms in total. The maximum absolute atomic E-state index is 12.7. The quantitative estimate of drug-likeness (QED) is 0.185. The zero-order valence-corrected chi connectivity index (χ0v) is 25.2. The largest absolute Gasteiger partial charge is 0.489 e. The monoisotopic (exact) mass is 571 g/mol. The molecule has 0 aromatic heterocycles. The van der Waals surface area contributed by atoms with Crippen LogP contribution in [0.15, 0.2) is 134 Å². The van der Waals surface area contributed by atoms with Gasteiger partial charge in [-0.15, -0.1) is 0 Å². The van der Waals surface area contributed by atoms with Gasteiger partial charge in [-0.3, -0.25) is 4.79 Å². The highest BCUT2D eigenvalue weighted by atomic mass is 16.5. The Morgan fingerprint density at radius 2 is 1.30 bits per heavy atom. The zero-order valence-electron chi connectivity index (χ0n) is 25.2. The molecule has 0 bridgehead atoms. The molecule has 1 amide bonds. The lowest BCUT2D eigenvalue weighted by Gasteiger charge is -2.13. The first-order chi connectivity index (χ1) is 21.2. The molecule has 220 valence electrons. The number of carbonyl (C=O) groups excluding carboxylic acids is 1. The molecule has 5 rings (SSSR count). The van der Waals surface area contributed by atoms with E-state index in [-0.39, 0.29) is 5.91 Å². The van der Waals surface area contributed by atoms with E-state index in [2.05, 4.69) is 60.0 Å². The number of allylic oxidation sites excluding steroid dienone is 6. The van der Waals surface area contributed by atoms with E-state index in [1.807, 2.05) is 92.7 Å². The van der Waals surface area contributed by atoms with E-state index in [1.54, 1.807) is 0 Å². The lowest BCUT2D eigenvalue weighted by Crippen LogP contribution is -2.23. The average Bonchev–Trinajstić information content (AvgIpc) is 3.37. The highest BCUT2D eigenvalue weighted by Crippen LogP contribution is 2.25. The van der Waals surface area contributed by atoms with Gasteiger partial charge in [0, 0.05) is 19.0 Å². The molecule has 1 N–H and O–H groups in total. The third-order valence-corrected chi connectivity index (χ3v) is 6.84. The van der Waals surface area contributed by atoms with Gasteiger partial charge in [-0.25, -0.2) is 0 Å². The van der Waals surface area contributed by atoms with Crippen molar-refractivity contribution in [3.63, 3.8) is 0 Å². The molecule has 43 heavy (non-hydrogen) atoms. The Balaban J connectivity index is 0.00000207. The topological polar surface area (TPSA) is 47.6 Å². The number of hydrogen-bond donors (Lipinski definition) is 1. The Hall–Kier alpha value is -4.83. The number of hydrogen-bond acceptors (Lipinski definition) is 3. The summed E-state index contributed by atoms with van der Waals surface area (Å²) in [4.78, 5) is 12.7. The van der Waals surface area contributed by atoms with Gasteiger partial charge < -0.3 is 14.8 Å². The highest BCUT2D eigenvalue weighted by molar-refractivity contribution is 5.77. The fraction of sp³-hybridized carbons (Fsp3) is 0.205. The number of benzene rings is 4. The first kappa shape index (κ1) is 31.1. The minimum atomic E-state index is 0.0102. The predicted molar refractivity (Wildman–Crippen MR) is 177 cm³/mol. The Morgan fingerprint density at radius 3 is 1.91 bits per heavy atom. The van der Waals surface area contributed by atoms with Crippen molar-refractivity contribution in [2.75, 3.05) is 0 Å². The van der Waals surface area contributed by atoms with Gasteiger partial charge in [0.25, 0.3) is 0 Å². The van der Waals surface area contributed by atoms with E-state index in [4.69, 9.17) is 9.47 Å². The lowest BCUT2D eigenvalue weighted by atomic mass is 10.0. The van der Waals surface area contributed by atoms with Crippen molar-refractivity contribution in [1.29, 1.82) is 0 Å². The summed E-state index contributed by atoms with van der Waals surface area (Å²) >= 11 is 0. The van der Waals surface area contributed by atoms with Crippen LogP contribution in [-0.2, 0) is 31.0 Å². The average molecular weight is 572 g/mol. The summed E-state index contributed by atoms with van der Waals surface area (Å²) in [5.41, 5.74) is 6.63. The van der Waals surface area contributed by atoms with E-state index in [1.165, 1.54) is 11.1 Å². The molecule has 0 unspecified atom stereocenters. The Morgan fingerprint density at radius 1 is 0.698 bits per heavy atom. The SMILES string of the molecule is CC.O=C(CCc1ccc(C2=CC=CCC=C2)cc1)NCc1cc(OCc2ccccc2)cc(OCc2ccccc2)c1. The third kappa shape index (κ3) is 10.5. The van der Waals surface area contributed by atoms with Crippen LogP contribution in [0.3, 0.4) is 0 Å². The Labute approximate surface area is 256 Å². The molecule has 0 heterocycles. The van der Waals surface area contributed by atoms with Crippen LogP contribution < -0.4 is 14.8 Å². The molecule has 0 aliphatic heterocycles. The molecular formula is C39H41NO3. The molecule has 1 aliphatic carbocycles. The normalized spacial score (nSPS) is 11.9. The van der Waals surface area contributed by atoms with E-state index in [0.29, 0.717) is 44.1 Å². The van der Waals surface area contributed by atoms with E-state index >= 15 is 0 Å². The first-order valence-electron chi connectivity index (χ1n) is 15.1. The van der Waals surface area contributed by atoms with Gasteiger partial charge in [0.1, 0.15) is 24.7 Å². The van der Waals surface area contributed by atoms with Crippen molar-refractivity contribution in [1.82, 2.24) is 5.32 Å². The summed E-state index contributed by atoms with van der Waals surface area (Å²) < 4.78 is 12.2. The molecule has 0 saturated heterocycles. The first-order valence-corrected chi connectivity index (χ1v) is 15.1. The van der Waals surface area contributed by atoms with Crippen LogP contribution in [0.2, 0.25) is 0 Å². The molecule has 0 radical (unpaired) electrons. The van der Waals surface area contributed by atoms with Gasteiger partial charge in [-0.2, -0.15) is 0 Å². The van der Waals surface area contributed by atoms with E-state index in [0.717, 1.165) is 28.7 Å². The van der Waals surface area contributed by atoms with E-state index in [9.17, 15) is 4.79 Å². The summed E-state index contributed by atoms with van der Waals surface area (Å²) in [5.74, 6) is 1.42. The number of rotatable bonds is 12. The van der Waals surface area contributed by atoms with Crippen molar-refractivity contribution in [2.24, 2.45) is 0 Å². The highest BCUT2D eigenvalue weighted by Gasteiger charge is 2.08. The molecule has 4 aromatic carbocycles. The summed E-state index contributed by atoms with van der Waals surface area (Å²) in [6.07, 6.45) is 12.8. The fourth-order valence-corrected chi connectivity index (χ4v) is 4.56. The maximum Gasteiger partial charge on any atom is 0.220 e. The number of carbonyl (C=O) groups is 1. The second kappa shape index (κ2) is 17.2. The molecule has 0 fully saturated rings. The standard InChI is InChI=1S/C37H35NO3.C2H6/c39-37(22-19-29-17-20-34(21-18-29)33-15-9-1-2-10-16-33)38-26-32-23-35(40-27-30-11-5-3-6-12-30)25-36(24-32)41-28-31-13-7-4-8-14-31;1-2/h1,3-18,20-21,23-25H,2,19,22,26-28H2,(H,38,39);1-2H3. The van der Waals surface area contributed by atoms with Crippen molar-refractivity contribution in [2.45, 2.75) is 52.9 Å². The van der Waals surface area contributed by atoms with Gasteiger partial charge in [0.15, 0.2) is 0 Å². The van der Waals surface area contributed by atoms with Crippen molar-refractivity contribution < 1.29 is 14.3 Å². The van der Waals surface area contributed by atoms with Crippen LogP contribution in [0, 0.1) is 0 Å². The van der Waals surface area contributed by atoms with Gasteiger partial charge in [0.05, 0.1) is 0 Å². The second-order valence-corrected chi connectivity index (χ2v) is 10.0. The third-order valence-electron chi connectivity index (χ3n) is 6.84. The molecule has 4 aromatic rings. The number of nitrogens with one attached hydrogen (secondary N) is 1. The molecule has 0 saturated carbocycles. The van der Waals surface area contributed by atoms with Gasteiger partial charge >= 0.3 is 0 Å². The van der Waals surface area contributed by atoms with Crippen LogP contribution in [0.1, 0.15) is 54.5 Å².